The van der Waals surface area contributed by atoms with E-state index in [-0.39, 0.29) is 24.2 Å². The molecule has 0 fully saturated rings. The van der Waals surface area contributed by atoms with Gasteiger partial charge in [-0.3, -0.25) is 4.79 Å². The van der Waals surface area contributed by atoms with E-state index in [1.807, 2.05) is 13.8 Å². The van der Waals surface area contributed by atoms with E-state index in [4.69, 9.17) is 4.18 Å². The molecular formula is C14H23N2O4S+. The maximum absolute atomic E-state index is 11.8. The van der Waals surface area contributed by atoms with Gasteiger partial charge in [-0.15, -0.1) is 0 Å². The second-order valence-corrected chi connectivity index (χ2v) is 6.95. The summed E-state index contributed by atoms with van der Waals surface area (Å²) in [6.07, 6.45) is 0. The molecule has 0 aliphatic carbocycles. The zero-order valence-electron chi connectivity index (χ0n) is 12.6. The summed E-state index contributed by atoms with van der Waals surface area (Å²) >= 11 is 0. The number of likely N-dealkylation sites (N-methyl/N-ethyl adjacent to an activating group) is 1. The molecule has 0 aliphatic rings. The average Bonchev–Trinajstić information content (AvgIpc) is 2.36. The SMILES string of the molecule is CC(C)NC(=O)C[NH+](C)CCS(=O)(=O)Oc1ccccc1. The number of benzene rings is 1. The van der Waals surface area contributed by atoms with E-state index in [2.05, 4.69) is 5.32 Å². The average molecular weight is 315 g/mol. The molecule has 118 valence electrons. The molecule has 1 unspecified atom stereocenters. The highest BCUT2D eigenvalue weighted by atomic mass is 32.2. The van der Waals surface area contributed by atoms with Gasteiger partial charge in [0.1, 0.15) is 11.5 Å². The number of carbonyl (C=O) groups is 1. The number of rotatable bonds is 8. The van der Waals surface area contributed by atoms with Crippen LogP contribution in [0.2, 0.25) is 0 Å². The predicted octanol–water partition coefficient (Wildman–Crippen LogP) is -0.565. The zero-order chi connectivity index (χ0) is 15.9. The molecule has 0 heterocycles. The molecule has 0 aliphatic heterocycles. The minimum atomic E-state index is -3.64. The van der Waals surface area contributed by atoms with Crippen LogP contribution in [0.3, 0.4) is 0 Å². The Labute approximate surface area is 126 Å². The van der Waals surface area contributed by atoms with Crippen molar-refractivity contribution < 1.29 is 22.3 Å². The molecule has 0 saturated heterocycles. The maximum atomic E-state index is 11.8. The first-order valence-electron chi connectivity index (χ1n) is 6.86. The summed E-state index contributed by atoms with van der Waals surface area (Å²) in [4.78, 5) is 12.4. The van der Waals surface area contributed by atoms with Crippen LogP contribution < -0.4 is 14.4 Å². The topological polar surface area (TPSA) is 76.9 Å². The Morgan fingerprint density at radius 2 is 1.90 bits per heavy atom. The van der Waals surface area contributed by atoms with Gasteiger partial charge in [-0.1, -0.05) is 18.2 Å². The standard InChI is InChI=1S/C14H22N2O4S/c1-12(2)15-14(17)11-16(3)9-10-21(18,19)20-13-7-5-4-6-8-13/h4-8,12H,9-11H2,1-3H3,(H,15,17)/p+1. The highest BCUT2D eigenvalue weighted by Gasteiger charge is 2.18. The maximum Gasteiger partial charge on any atom is 0.314 e. The predicted molar refractivity (Wildman–Crippen MR) is 80.8 cm³/mol. The number of para-hydroxylation sites is 1. The fourth-order valence-electron chi connectivity index (χ4n) is 1.70. The van der Waals surface area contributed by atoms with Crippen molar-refractivity contribution in [3.63, 3.8) is 0 Å². The molecule has 1 atom stereocenters. The second kappa shape index (κ2) is 7.99. The molecule has 1 aromatic rings. The van der Waals surface area contributed by atoms with Crippen molar-refractivity contribution in [2.45, 2.75) is 19.9 Å². The lowest BCUT2D eigenvalue weighted by Gasteiger charge is -2.15. The van der Waals surface area contributed by atoms with Crippen molar-refractivity contribution in [3.8, 4) is 5.75 Å². The van der Waals surface area contributed by atoms with E-state index in [0.717, 1.165) is 4.90 Å². The molecule has 2 N–H and O–H groups in total. The molecule has 1 rings (SSSR count). The summed E-state index contributed by atoms with van der Waals surface area (Å²) in [5, 5.41) is 2.77. The molecular weight excluding hydrogens is 292 g/mol. The Bertz CT molecular complexity index is 543. The third kappa shape index (κ3) is 7.67. The van der Waals surface area contributed by atoms with Crippen LogP contribution in [0.4, 0.5) is 0 Å². The van der Waals surface area contributed by atoms with Crippen molar-refractivity contribution >= 4 is 16.0 Å². The van der Waals surface area contributed by atoms with Gasteiger partial charge in [0.2, 0.25) is 0 Å². The van der Waals surface area contributed by atoms with Crippen molar-refractivity contribution in [2.24, 2.45) is 0 Å². The van der Waals surface area contributed by atoms with E-state index in [0.29, 0.717) is 12.3 Å². The first-order valence-corrected chi connectivity index (χ1v) is 8.44. The van der Waals surface area contributed by atoms with Crippen molar-refractivity contribution in [2.75, 3.05) is 25.9 Å². The second-order valence-electron chi connectivity index (χ2n) is 5.26. The molecule has 1 amide bonds. The van der Waals surface area contributed by atoms with Gasteiger partial charge in [0.15, 0.2) is 6.54 Å². The third-order valence-corrected chi connectivity index (χ3v) is 3.81. The summed E-state index contributed by atoms with van der Waals surface area (Å²) in [6.45, 7) is 4.30. The largest absolute Gasteiger partial charge is 0.382 e. The number of quaternary nitrogens is 1. The van der Waals surface area contributed by atoms with Crippen LogP contribution in [0, 0.1) is 0 Å². The summed E-state index contributed by atoms with van der Waals surface area (Å²) in [5.41, 5.74) is 0. The van der Waals surface area contributed by atoms with E-state index in [1.54, 1.807) is 37.4 Å². The fraction of sp³-hybridized carbons (Fsp3) is 0.500. The molecule has 0 radical (unpaired) electrons. The van der Waals surface area contributed by atoms with Gasteiger partial charge in [-0.2, -0.15) is 8.42 Å². The Kier molecular flexibility index (Phi) is 6.64. The van der Waals surface area contributed by atoms with E-state index in [9.17, 15) is 13.2 Å². The lowest BCUT2D eigenvalue weighted by atomic mass is 10.3. The van der Waals surface area contributed by atoms with Crippen LogP contribution in [0.25, 0.3) is 0 Å². The summed E-state index contributed by atoms with van der Waals surface area (Å²) in [7, 11) is -1.87. The van der Waals surface area contributed by atoms with Crippen LogP contribution in [0.15, 0.2) is 30.3 Å². The molecule has 0 aromatic heterocycles. The van der Waals surface area contributed by atoms with Gasteiger partial charge in [-0.25, -0.2) is 0 Å². The molecule has 6 nitrogen and oxygen atoms in total. The van der Waals surface area contributed by atoms with E-state index in [1.165, 1.54) is 0 Å². The van der Waals surface area contributed by atoms with Crippen LogP contribution in [-0.4, -0.2) is 46.3 Å². The lowest BCUT2D eigenvalue weighted by Crippen LogP contribution is -3.10. The minimum absolute atomic E-state index is 0.0791. The Morgan fingerprint density at radius 1 is 1.29 bits per heavy atom. The number of hydrogen-bond donors (Lipinski definition) is 2. The quantitative estimate of drug-likeness (QED) is 0.630. The summed E-state index contributed by atoms with van der Waals surface area (Å²) < 4.78 is 28.6. The Balaban J connectivity index is 2.41. The molecule has 0 saturated carbocycles. The van der Waals surface area contributed by atoms with Crippen LogP contribution >= 0.6 is 0 Å². The molecule has 21 heavy (non-hydrogen) atoms. The van der Waals surface area contributed by atoms with Crippen LogP contribution in [0.1, 0.15) is 13.8 Å². The molecule has 7 heteroatoms. The molecule has 1 aromatic carbocycles. The summed E-state index contributed by atoms with van der Waals surface area (Å²) in [5.74, 6) is 0.0689. The third-order valence-electron chi connectivity index (χ3n) is 2.66. The van der Waals surface area contributed by atoms with Gasteiger partial charge >= 0.3 is 10.1 Å². The van der Waals surface area contributed by atoms with Crippen LogP contribution in [-0.2, 0) is 14.9 Å². The number of amides is 1. The number of nitrogens with one attached hydrogen (secondary N) is 2. The highest BCUT2D eigenvalue weighted by molar-refractivity contribution is 7.87. The van der Waals surface area contributed by atoms with E-state index >= 15 is 0 Å². The highest BCUT2D eigenvalue weighted by Crippen LogP contribution is 2.11. The monoisotopic (exact) mass is 315 g/mol. The van der Waals surface area contributed by atoms with Gasteiger partial charge in [0.05, 0.1) is 13.6 Å². The smallest absolute Gasteiger partial charge is 0.314 e. The van der Waals surface area contributed by atoms with Gasteiger partial charge in [0.25, 0.3) is 5.91 Å². The van der Waals surface area contributed by atoms with Gasteiger partial charge in [0, 0.05) is 6.04 Å². The van der Waals surface area contributed by atoms with E-state index < -0.39 is 10.1 Å². The van der Waals surface area contributed by atoms with Crippen molar-refractivity contribution in [3.05, 3.63) is 30.3 Å². The zero-order valence-corrected chi connectivity index (χ0v) is 13.4. The Hall–Kier alpha value is -1.60. The Morgan fingerprint density at radius 3 is 2.48 bits per heavy atom. The van der Waals surface area contributed by atoms with Crippen molar-refractivity contribution in [1.82, 2.24) is 5.32 Å². The molecule has 0 spiro atoms. The summed E-state index contributed by atoms with van der Waals surface area (Å²) in [6, 6.07) is 8.45. The van der Waals surface area contributed by atoms with Crippen LogP contribution in [0.5, 0.6) is 5.75 Å². The minimum Gasteiger partial charge on any atom is -0.382 e. The number of hydrogen-bond acceptors (Lipinski definition) is 4. The number of carbonyl (C=O) groups excluding carboxylic acids is 1. The first-order chi connectivity index (χ1) is 9.78. The fourth-order valence-corrected chi connectivity index (χ4v) is 2.79. The lowest BCUT2D eigenvalue weighted by molar-refractivity contribution is -0.868. The van der Waals surface area contributed by atoms with Crippen molar-refractivity contribution in [1.29, 1.82) is 0 Å². The normalized spacial score (nSPS) is 13.0. The first kappa shape index (κ1) is 17.5. The van der Waals surface area contributed by atoms with Gasteiger partial charge in [-0.05, 0) is 26.0 Å². The van der Waals surface area contributed by atoms with Gasteiger partial charge < -0.3 is 14.4 Å². The molecule has 0 bridgehead atoms.